The zero-order valence-corrected chi connectivity index (χ0v) is 10.2. The molecule has 0 unspecified atom stereocenters. The van der Waals surface area contributed by atoms with Crippen LogP contribution in [0.5, 0.6) is 11.5 Å². The number of hydrogen-bond acceptors (Lipinski definition) is 4. The summed E-state index contributed by atoms with van der Waals surface area (Å²) in [6.07, 6.45) is 1.48. The van der Waals surface area contributed by atoms with Gasteiger partial charge in [-0.15, -0.1) is 0 Å². The van der Waals surface area contributed by atoms with E-state index in [0.717, 1.165) is 12.0 Å². The standard InChI is InChI=1S/C13H18O4/c1-3-16-13-9-11(5-4-8-14)6-7-12(13)17-10(2)15/h6-7,9,14H,3-5,8H2,1-2H3. The summed E-state index contributed by atoms with van der Waals surface area (Å²) >= 11 is 0. The fraction of sp³-hybridized carbons (Fsp3) is 0.462. The first-order chi connectivity index (χ1) is 8.17. The number of carbonyl (C=O) groups is 1. The molecule has 94 valence electrons. The van der Waals surface area contributed by atoms with Crippen molar-refractivity contribution in [1.82, 2.24) is 0 Å². The highest BCUT2D eigenvalue weighted by Crippen LogP contribution is 2.29. The molecule has 0 saturated carbocycles. The van der Waals surface area contributed by atoms with Gasteiger partial charge in [0.15, 0.2) is 11.5 Å². The summed E-state index contributed by atoms with van der Waals surface area (Å²) in [6.45, 7) is 3.90. The SMILES string of the molecule is CCOc1cc(CCCO)ccc1OC(C)=O. The molecule has 0 aromatic heterocycles. The molecule has 0 bridgehead atoms. The minimum absolute atomic E-state index is 0.162. The van der Waals surface area contributed by atoms with E-state index in [2.05, 4.69) is 0 Å². The van der Waals surface area contributed by atoms with E-state index in [1.54, 1.807) is 6.07 Å². The first kappa shape index (κ1) is 13.5. The van der Waals surface area contributed by atoms with Gasteiger partial charge in [0.1, 0.15) is 0 Å². The van der Waals surface area contributed by atoms with Crippen molar-refractivity contribution in [2.75, 3.05) is 13.2 Å². The molecule has 0 fully saturated rings. The van der Waals surface area contributed by atoms with Crippen LogP contribution in [0, 0.1) is 0 Å². The van der Waals surface area contributed by atoms with Crippen LogP contribution in [0.25, 0.3) is 0 Å². The second kappa shape index (κ2) is 6.91. The number of aryl methyl sites for hydroxylation is 1. The number of rotatable bonds is 6. The molecule has 1 aromatic rings. The van der Waals surface area contributed by atoms with Gasteiger partial charge in [-0.3, -0.25) is 4.79 Å². The quantitative estimate of drug-likeness (QED) is 0.608. The largest absolute Gasteiger partial charge is 0.490 e. The Morgan fingerprint density at radius 1 is 1.35 bits per heavy atom. The topological polar surface area (TPSA) is 55.8 Å². The van der Waals surface area contributed by atoms with Crippen LogP contribution >= 0.6 is 0 Å². The third-order valence-corrected chi connectivity index (χ3v) is 2.19. The van der Waals surface area contributed by atoms with Gasteiger partial charge in [0.25, 0.3) is 0 Å². The predicted octanol–water partition coefficient (Wildman–Crippen LogP) is 1.94. The number of benzene rings is 1. The summed E-state index contributed by atoms with van der Waals surface area (Å²) in [6, 6.07) is 5.44. The van der Waals surface area contributed by atoms with E-state index >= 15 is 0 Å². The minimum Gasteiger partial charge on any atom is -0.490 e. The zero-order chi connectivity index (χ0) is 12.7. The van der Waals surface area contributed by atoms with E-state index in [1.807, 2.05) is 19.1 Å². The van der Waals surface area contributed by atoms with Crippen molar-refractivity contribution in [3.63, 3.8) is 0 Å². The molecule has 1 aromatic carbocycles. The van der Waals surface area contributed by atoms with E-state index in [4.69, 9.17) is 14.6 Å². The van der Waals surface area contributed by atoms with E-state index in [9.17, 15) is 4.79 Å². The number of esters is 1. The van der Waals surface area contributed by atoms with Gasteiger partial charge in [0.2, 0.25) is 0 Å². The predicted molar refractivity (Wildman–Crippen MR) is 64.3 cm³/mol. The fourth-order valence-electron chi connectivity index (χ4n) is 1.50. The Hall–Kier alpha value is -1.55. The molecule has 0 atom stereocenters. The third kappa shape index (κ3) is 4.44. The van der Waals surface area contributed by atoms with E-state index < -0.39 is 0 Å². The molecular formula is C13H18O4. The van der Waals surface area contributed by atoms with Crippen LogP contribution < -0.4 is 9.47 Å². The average Bonchev–Trinajstić information content (AvgIpc) is 2.29. The number of aliphatic hydroxyl groups is 1. The van der Waals surface area contributed by atoms with Gasteiger partial charge in [0, 0.05) is 13.5 Å². The van der Waals surface area contributed by atoms with Crippen molar-refractivity contribution in [3.05, 3.63) is 23.8 Å². The highest BCUT2D eigenvalue weighted by atomic mass is 16.6. The maximum atomic E-state index is 10.9. The normalized spacial score (nSPS) is 10.1. The van der Waals surface area contributed by atoms with Crippen molar-refractivity contribution in [1.29, 1.82) is 0 Å². The first-order valence-corrected chi connectivity index (χ1v) is 5.72. The Kier molecular flexibility index (Phi) is 5.49. The van der Waals surface area contributed by atoms with Crippen LogP contribution in [0.4, 0.5) is 0 Å². The average molecular weight is 238 g/mol. The van der Waals surface area contributed by atoms with Gasteiger partial charge in [-0.1, -0.05) is 6.07 Å². The molecule has 1 N–H and O–H groups in total. The summed E-state index contributed by atoms with van der Waals surface area (Å²) in [5, 5.41) is 8.77. The third-order valence-electron chi connectivity index (χ3n) is 2.19. The first-order valence-electron chi connectivity index (χ1n) is 5.72. The molecule has 4 heteroatoms. The van der Waals surface area contributed by atoms with Gasteiger partial charge in [0.05, 0.1) is 6.61 Å². The Bertz CT molecular complexity index is 374. The van der Waals surface area contributed by atoms with Crippen molar-refractivity contribution in [2.24, 2.45) is 0 Å². The molecule has 0 spiro atoms. The highest BCUT2D eigenvalue weighted by Gasteiger charge is 2.08. The van der Waals surface area contributed by atoms with Crippen LogP contribution in [0.15, 0.2) is 18.2 Å². The van der Waals surface area contributed by atoms with Crippen LogP contribution in [0.1, 0.15) is 25.8 Å². The molecule has 0 aliphatic carbocycles. The van der Waals surface area contributed by atoms with Crippen molar-refractivity contribution < 1.29 is 19.4 Å². The molecule has 0 radical (unpaired) electrons. The minimum atomic E-state index is -0.367. The maximum Gasteiger partial charge on any atom is 0.308 e. The van der Waals surface area contributed by atoms with Gasteiger partial charge in [-0.2, -0.15) is 0 Å². The Balaban J connectivity index is 2.86. The number of aliphatic hydroxyl groups excluding tert-OH is 1. The summed E-state index contributed by atoms with van der Waals surface area (Å²) in [5.74, 6) is 0.638. The van der Waals surface area contributed by atoms with Gasteiger partial charge in [-0.05, 0) is 37.5 Å². The van der Waals surface area contributed by atoms with E-state index in [1.165, 1.54) is 6.92 Å². The van der Waals surface area contributed by atoms with Crippen LogP contribution in [-0.4, -0.2) is 24.3 Å². The Morgan fingerprint density at radius 2 is 2.12 bits per heavy atom. The zero-order valence-electron chi connectivity index (χ0n) is 10.2. The van der Waals surface area contributed by atoms with Gasteiger partial charge >= 0.3 is 5.97 Å². The lowest BCUT2D eigenvalue weighted by Crippen LogP contribution is -2.04. The van der Waals surface area contributed by atoms with E-state index in [0.29, 0.717) is 24.5 Å². The molecular weight excluding hydrogens is 220 g/mol. The van der Waals surface area contributed by atoms with Crippen LogP contribution in [0.3, 0.4) is 0 Å². The lowest BCUT2D eigenvalue weighted by atomic mass is 10.1. The van der Waals surface area contributed by atoms with E-state index in [-0.39, 0.29) is 12.6 Å². The van der Waals surface area contributed by atoms with Crippen LogP contribution in [0.2, 0.25) is 0 Å². The summed E-state index contributed by atoms with van der Waals surface area (Å²) in [7, 11) is 0. The summed E-state index contributed by atoms with van der Waals surface area (Å²) in [5.41, 5.74) is 1.05. The molecule has 0 aliphatic heterocycles. The highest BCUT2D eigenvalue weighted by molar-refractivity contribution is 5.70. The smallest absolute Gasteiger partial charge is 0.308 e. The lowest BCUT2D eigenvalue weighted by molar-refractivity contribution is -0.132. The Morgan fingerprint density at radius 3 is 2.71 bits per heavy atom. The summed E-state index contributed by atoms with van der Waals surface area (Å²) in [4.78, 5) is 10.9. The number of carbonyl (C=O) groups excluding carboxylic acids is 1. The van der Waals surface area contributed by atoms with Crippen molar-refractivity contribution in [3.8, 4) is 11.5 Å². The van der Waals surface area contributed by atoms with Crippen LogP contribution in [-0.2, 0) is 11.2 Å². The maximum absolute atomic E-state index is 10.9. The molecule has 0 amide bonds. The monoisotopic (exact) mass is 238 g/mol. The van der Waals surface area contributed by atoms with Gasteiger partial charge in [-0.25, -0.2) is 0 Å². The second-order valence-electron chi connectivity index (χ2n) is 3.63. The Labute approximate surface area is 101 Å². The molecule has 1 rings (SSSR count). The molecule has 4 nitrogen and oxygen atoms in total. The molecule has 0 aliphatic rings. The lowest BCUT2D eigenvalue weighted by Gasteiger charge is -2.11. The number of hydrogen-bond donors (Lipinski definition) is 1. The molecule has 17 heavy (non-hydrogen) atoms. The van der Waals surface area contributed by atoms with Crippen molar-refractivity contribution in [2.45, 2.75) is 26.7 Å². The fourth-order valence-corrected chi connectivity index (χ4v) is 1.50. The summed E-state index contributed by atoms with van der Waals surface area (Å²) < 4.78 is 10.5. The number of ether oxygens (including phenoxy) is 2. The molecule has 0 saturated heterocycles. The molecule has 0 heterocycles. The second-order valence-corrected chi connectivity index (χ2v) is 3.63. The van der Waals surface area contributed by atoms with Gasteiger partial charge < -0.3 is 14.6 Å². The van der Waals surface area contributed by atoms with Crippen molar-refractivity contribution >= 4 is 5.97 Å².